The zero-order valence-electron chi connectivity index (χ0n) is 15.6. The van der Waals surface area contributed by atoms with Gasteiger partial charge in [0.25, 0.3) is 17.0 Å². The molecule has 29 heavy (non-hydrogen) atoms. The number of hydrogen-bond acceptors (Lipinski definition) is 6. The van der Waals surface area contributed by atoms with Crippen LogP contribution in [0, 0.1) is 0 Å². The minimum atomic E-state index is -0.367. The lowest BCUT2D eigenvalue weighted by Crippen LogP contribution is -2.40. The van der Waals surface area contributed by atoms with E-state index in [4.69, 9.17) is 0 Å². The fraction of sp³-hybridized carbons (Fsp3) is 0.300. The Morgan fingerprint density at radius 2 is 1.83 bits per heavy atom. The number of nitrogens with one attached hydrogen (secondary N) is 2. The van der Waals surface area contributed by atoms with Gasteiger partial charge in [0.2, 0.25) is 0 Å². The van der Waals surface area contributed by atoms with Gasteiger partial charge in [-0.05, 0) is 43.9 Å². The summed E-state index contributed by atoms with van der Waals surface area (Å²) in [5.41, 5.74) is 1.22. The highest BCUT2D eigenvalue weighted by molar-refractivity contribution is 5.92. The molecule has 0 aliphatic heterocycles. The van der Waals surface area contributed by atoms with Gasteiger partial charge in [-0.15, -0.1) is 0 Å². The Balaban J connectivity index is 1.43. The van der Waals surface area contributed by atoms with Crippen molar-refractivity contribution in [2.24, 2.45) is 0 Å². The summed E-state index contributed by atoms with van der Waals surface area (Å²) in [6.07, 6.45) is 7.47. The molecule has 0 spiro atoms. The maximum Gasteiger partial charge on any atom is 0.270 e. The van der Waals surface area contributed by atoms with E-state index in [1.165, 1.54) is 18.5 Å². The first-order valence-electron chi connectivity index (χ1n) is 9.46. The van der Waals surface area contributed by atoms with E-state index in [-0.39, 0.29) is 34.8 Å². The third-order valence-corrected chi connectivity index (χ3v) is 5.09. The molecule has 1 saturated carbocycles. The molecule has 4 rings (SSSR count). The van der Waals surface area contributed by atoms with E-state index >= 15 is 0 Å². The molecule has 0 radical (unpaired) electrons. The summed E-state index contributed by atoms with van der Waals surface area (Å²) >= 11 is 0. The van der Waals surface area contributed by atoms with Gasteiger partial charge in [0, 0.05) is 36.1 Å². The summed E-state index contributed by atoms with van der Waals surface area (Å²) in [4.78, 5) is 46.2. The first-order valence-corrected chi connectivity index (χ1v) is 9.46. The lowest BCUT2D eigenvalue weighted by atomic mass is 9.91. The van der Waals surface area contributed by atoms with Crippen molar-refractivity contribution in [3.63, 3.8) is 0 Å². The highest BCUT2D eigenvalue weighted by Gasteiger charge is 2.25. The Morgan fingerprint density at radius 1 is 1.07 bits per heavy atom. The number of pyridine rings is 1. The van der Waals surface area contributed by atoms with Crippen LogP contribution in [-0.2, 0) is 0 Å². The Hall–Kier alpha value is -3.62. The number of hydrogen-bond donors (Lipinski definition) is 2. The quantitative estimate of drug-likeness (QED) is 0.690. The molecule has 1 aliphatic carbocycles. The Bertz CT molecular complexity index is 1120. The van der Waals surface area contributed by atoms with E-state index in [0.717, 1.165) is 24.1 Å². The number of H-pyrrole nitrogens is 1. The molecule has 9 nitrogen and oxygen atoms in total. The van der Waals surface area contributed by atoms with Crippen LogP contribution in [0.4, 0.5) is 0 Å². The highest BCUT2D eigenvalue weighted by Crippen LogP contribution is 2.27. The number of amides is 1. The van der Waals surface area contributed by atoms with Crippen molar-refractivity contribution in [2.75, 3.05) is 0 Å². The third-order valence-electron chi connectivity index (χ3n) is 5.09. The second-order valence-corrected chi connectivity index (χ2v) is 7.01. The SMILES string of the molecule is O=C(NC1CCC(n2nc(-c3ccncc3)ccc2=O)CC1)c1cc(=O)[nH]cn1. The van der Waals surface area contributed by atoms with Crippen LogP contribution in [0.25, 0.3) is 11.3 Å². The zero-order valence-corrected chi connectivity index (χ0v) is 15.6. The predicted molar refractivity (Wildman–Crippen MR) is 105 cm³/mol. The highest BCUT2D eigenvalue weighted by atomic mass is 16.2. The third kappa shape index (κ3) is 4.29. The minimum Gasteiger partial charge on any atom is -0.348 e. The van der Waals surface area contributed by atoms with Crippen molar-refractivity contribution < 1.29 is 4.79 Å². The van der Waals surface area contributed by atoms with Crippen molar-refractivity contribution in [1.29, 1.82) is 0 Å². The summed E-state index contributed by atoms with van der Waals surface area (Å²) < 4.78 is 1.55. The van der Waals surface area contributed by atoms with Gasteiger partial charge < -0.3 is 10.3 Å². The smallest absolute Gasteiger partial charge is 0.270 e. The second kappa shape index (κ2) is 8.17. The van der Waals surface area contributed by atoms with Gasteiger partial charge in [-0.1, -0.05) is 0 Å². The molecular weight excluding hydrogens is 372 g/mol. The maximum atomic E-state index is 12.4. The Morgan fingerprint density at radius 3 is 2.55 bits per heavy atom. The Kier molecular flexibility index (Phi) is 5.28. The van der Waals surface area contributed by atoms with Crippen LogP contribution >= 0.6 is 0 Å². The first kappa shape index (κ1) is 18.7. The summed E-state index contributed by atoms with van der Waals surface area (Å²) in [6, 6.07) is 8.09. The number of aromatic amines is 1. The number of rotatable bonds is 4. The number of carbonyl (C=O) groups is 1. The number of carbonyl (C=O) groups excluding carboxylic acids is 1. The van der Waals surface area contributed by atoms with Gasteiger partial charge >= 0.3 is 0 Å². The normalized spacial score (nSPS) is 18.9. The summed E-state index contributed by atoms with van der Waals surface area (Å²) in [5, 5.41) is 7.47. The molecule has 1 amide bonds. The van der Waals surface area contributed by atoms with Gasteiger partial charge in [-0.25, -0.2) is 9.67 Å². The number of nitrogens with zero attached hydrogens (tertiary/aromatic N) is 4. The summed E-state index contributed by atoms with van der Waals surface area (Å²) in [6.45, 7) is 0. The van der Waals surface area contributed by atoms with Crippen LogP contribution in [-0.4, -0.2) is 36.7 Å². The van der Waals surface area contributed by atoms with Crippen LogP contribution < -0.4 is 16.4 Å². The van der Waals surface area contributed by atoms with Crippen molar-refractivity contribution in [3.8, 4) is 11.3 Å². The standard InChI is InChI=1S/C20H20N6O3/c27-18-11-17(22-12-23-18)20(29)24-14-1-3-15(4-2-14)26-19(28)6-5-16(25-26)13-7-9-21-10-8-13/h5-12,14-15H,1-4H2,(H,24,29)(H,22,23,27). The van der Waals surface area contributed by atoms with Gasteiger partial charge in [-0.2, -0.15) is 5.10 Å². The zero-order chi connectivity index (χ0) is 20.2. The van der Waals surface area contributed by atoms with Gasteiger partial charge in [0.05, 0.1) is 18.1 Å². The van der Waals surface area contributed by atoms with Gasteiger partial charge in [0.1, 0.15) is 5.69 Å². The van der Waals surface area contributed by atoms with E-state index in [2.05, 4.69) is 25.4 Å². The van der Waals surface area contributed by atoms with Crippen molar-refractivity contribution in [2.45, 2.75) is 37.8 Å². The molecule has 1 fully saturated rings. The first-order chi connectivity index (χ1) is 14.1. The van der Waals surface area contributed by atoms with Crippen molar-refractivity contribution in [1.82, 2.24) is 30.0 Å². The van der Waals surface area contributed by atoms with Gasteiger partial charge in [-0.3, -0.25) is 19.4 Å². The summed E-state index contributed by atoms with van der Waals surface area (Å²) in [7, 11) is 0. The maximum absolute atomic E-state index is 12.4. The summed E-state index contributed by atoms with van der Waals surface area (Å²) in [5.74, 6) is -0.366. The average Bonchev–Trinajstić information content (AvgIpc) is 2.75. The van der Waals surface area contributed by atoms with Crippen LogP contribution in [0.5, 0.6) is 0 Å². The molecule has 0 atom stereocenters. The van der Waals surface area contributed by atoms with E-state index < -0.39 is 0 Å². The van der Waals surface area contributed by atoms with Gasteiger partial charge in [0.15, 0.2) is 0 Å². The van der Waals surface area contributed by atoms with Crippen molar-refractivity contribution >= 4 is 5.91 Å². The molecule has 0 aromatic carbocycles. The lowest BCUT2D eigenvalue weighted by molar-refractivity contribution is 0.0916. The molecule has 0 saturated heterocycles. The fourth-order valence-electron chi connectivity index (χ4n) is 3.58. The van der Waals surface area contributed by atoms with Crippen LogP contribution in [0.2, 0.25) is 0 Å². The molecule has 0 bridgehead atoms. The largest absolute Gasteiger partial charge is 0.348 e. The molecule has 148 valence electrons. The van der Waals surface area contributed by atoms with Crippen LogP contribution in [0.15, 0.2) is 58.6 Å². The van der Waals surface area contributed by atoms with E-state index in [1.807, 2.05) is 12.1 Å². The average molecular weight is 392 g/mol. The molecule has 1 aliphatic rings. The molecule has 3 heterocycles. The van der Waals surface area contributed by atoms with Crippen molar-refractivity contribution in [3.05, 3.63) is 75.5 Å². The van der Waals surface area contributed by atoms with Crippen LogP contribution in [0.1, 0.15) is 42.2 Å². The van der Waals surface area contributed by atoms with E-state index in [0.29, 0.717) is 12.8 Å². The molecule has 9 heteroatoms. The predicted octanol–water partition coefficient (Wildman–Crippen LogP) is 1.30. The molecule has 2 N–H and O–H groups in total. The topological polar surface area (TPSA) is 123 Å². The number of aromatic nitrogens is 5. The Labute approximate surface area is 165 Å². The van der Waals surface area contributed by atoms with E-state index in [1.54, 1.807) is 23.1 Å². The lowest BCUT2D eigenvalue weighted by Gasteiger charge is -2.29. The monoisotopic (exact) mass is 392 g/mol. The molecule has 0 unspecified atom stereocenters. The molecule has 3 aromatic heterocycles. The molecular formula is C20H20N6O3. The fourth-order valence-corrected chi connectivity index (χ4v) is 3.58. The minimum absolute atomic E-state index is 0.0184. The second-order valence-electron chi connectivity index (χ2n) is 7.01. The molecule has 3 aromatic rings. The van der Waals surface area contributed by atoms with Crippen LogP contribution in [0.3, 0.4) is 0 Å². The van der Waals surface area contributed by atoms with E-state index in [9.17, 15) is 14.4 Å².